The Balaban J connectivity index is 1.41. The van der Waals surface area contributed by atoms with Crippen LogP contribution in [0.25, 0.3) is 11.0 Å². The van der Waals surface area contributed by atoms with E-state index < -0.39 is 59.3 Å². The third-order valence-electron chi connectivity index (χ3n) is 7.68. The second-order valence-electron chi connectivity index (χ2n) is 11.3. The van der Waals surface area contributed by atoms with Gasteiger partial charge in [0, 0.05) is 18.2 Å². The number of amides is 2. The molecule has 1 aliphatic heterocycles. The number of fused-ring (bicyclic) bond motifs is 1. The quantitative estimate of drug-likeness (QED) is 0.200. The van der Waals surface area contributed by atoms with Gasteiger partial charge in [-0.15, -0.1) is 0 Å². The molecule has 1 saturated heterocycles. The van der Waals surface area contributed by atoms with Crippen LogP contribution in [-0.2, 0) is 14.2 Å². The normalized spacial score (nSPS) is 20.6. The molecule has 0 bridgehead atoms. The lowest BCUT2D eigenvalue weighted by atomic mass is 9.89. The third-order valence-corrected chi connectivity index (χ3v) is 7.68. The fourth-order valence-corrected chi connectivity index (χ4v) is 5.33. The van der Waals surface area contributed by atoms with Gasteiger partial charge in [-0.3, -0.25) is 4.79 Å². The first-order chi connectivity index (χ1) is 21.8. The number of rotatable bonds is 8. The van der Waals surface area contributed by atoms with Crippen LogP contribution in [0.5, 0.6) is 23.0 Å². The Morgan fingerprint density at radius 3 is 2.41 bits per heavy atom. The van der Waals surface area contributed by atoms with Crippen molar-refractivity contribution in [2.75, 3.05) is 12.4 Å². The van der Waals surface area contributed by atoms with E-state index in [4.69, 9.17) is 33.8 Å². The number of aliphatic hydroxyl groups excluding tert-OH is 1. The second kappa shape index (κ2) is 12.7. The van der Waals surface area contributed by atoms with Gasteiger partial charge in [0.25, 0.3) is 5.91 Å². The number of hydrogen-bond donors (Lipinski definition) is 4. The lowest BCUT2D eigenvalue weighted by Gasteiger charge is -2.47. The van der Waals surface area contributed by atoms with Gasteiger partial charge < -0.3 is 49.4 Å². The van der Waals surface area contributed by atoms with Crippen molar-refractivity contribution < 1.29 is 47.9 Å². The lowest BCUT2D eigenvalue weighted by molar-refractivity contribution is -0.304. The number of aromatic hydroxyl groups is 1. The highest BCUT2D eigenvalue weighted by atomic mass is 16.7. The molecule has 1 aliphatic rings. The van der Waals surface area contributed by atoms with Gasteiger partial charge in [-0.1, -0.05) is 24.3 Å². The molecule has 242 valence electrons. The number of benzene rings is 3. The van der Waals surface area contributed by atoms with E-state index in [0.717, 1.165) is 5.56 Å². The molecule has 0 aliphatic carbocycles. The summed E-state index contributed by atoms with van der Waals surface area (Å²) in [5, 5.41) is 24.6. The van der Waals surface area contributed by atoms with E-state index in [0.29, 0.717) is 11.5 Å². The zero-order valence-corrected chi connectivity index (χ0v) is 25.7. The summed E-state index contributed by atoms with van der Waals surface area (Å²) in [6.45, 7) is 6.72. The predicted octanol–water partition coefficient (Wildman–Crippen LogP) is 4.51. The number of anilines is 1. The van der Waals surface area contributed by atoms with Crippen molar-refractivity contribution in [1.29, 1.82) is 0 Å². The van der Waals surface area contributed by atoms with Crippen molar-refractivity contribution >= 4 is 28.7 Å². The molecule has 5 rings (SSSR count). The average molecular weight is 635 g/mol. The molecule has 13 heteroatoms. The number of methoxy groups -OCH3 is 1. The number of aliphatic hydroxyl groups is 1. The van der Waals surface area contributed by atoms with Gasteiger partial charge >= 0.3 is 11.7 Å². The van der Waals surface area contributed by atoms with E-state index in [1.807, 2.05) is 25.1 Å². The van der Waals surface area contributed by atoms with Crippen molar-refractivity contribution in [3.8, 4) is 23.0 Å². The Labute approximate surface area is 263 Å². The topological polar surface area (TPSA) is 189 Å². The minimum absolute atomic E-state index is 0.0313. The summed E-state index contributed by atoms with van der Waals surface area (Å²) in [5.74, 6) is -0.0378. The van der Waals surface area contributed by atoms with Gasteiger partial charge in [-0.25, -0.2) is 9.59 Å². The van der Waals surface area contributed by atoms with Gasteiger partial charge in [0.1, 0.15) is 28.9 Å². The van der Waals surface area contributed by atoms with E-state index in [1.54, 1.807) is 45.0 Å². The fraction of sp³-hybridized carbons (Fsp3) is 0.303. The summed E-state index contributed by atoms with van der Waals surface area (Å²) in [7, 11) is 1.37. The summed E-state index contributed by atoms with van der Waals surface area (Å²) in [6.07, 6.45) is -6.09. The van der Waals surface area contributed by atoms with E-state index in [1.165, 1.54) is 25.3 Å². The molecule has 46 heavy (non-hydrogen) atoms. The summed E-state index contributed by atoms with van der Waals surface area (Å²) >= 11 is 0. The summed E-state index contributed by atoms with van der Waals surface area (Å²) in [4.78, 5) is 37.8. The van der Waals surface area contributed by atoms with Gasteiger partial charge in [0.05, 0.1) is 11.0 Å². The molecule has 3 aromatic carbocycles. The third kappa shape index (κ3) is 6.33. The fourth-order valence-electron chi connectivity index (χ4n) is 5.33. The Bertz CT molecular complexity index is 1840. The van der Waals surface area contributed by atoms with Crippen LogP contribution < -0.4 is 26.1 Å². The zero-order chi connectivity index (χ0) is 33.3. The van der Waals surface area contributed by atoms with Gasteiger partial charge in [-0.2, -0.15) is 0 Å². The van der Waals surface area contributed by atoms with Gasteiger partial charge in [-0.05, 0) is 69.7 Å². The summed E-state index contributed by atoms with van der Waals surface area (Å²) in [5.41, 5.74) is 3.86. The Hall–Kier alpha value is -5.11. The number of ether oxygens (including phenoxy) is 5. The standard InChI is InChI=1S/C33H34N2O11/c1-16-11-12-18(15-22(16)42-19-9-7-6-8-10-19)29(38)35-23-24(36)20-13-14-21(17(2)26(20)44-30(23)39)43-31-25(37)27(45-32(34)40)28(41-5)33(3,4)46-31/h6-15,25,27-28,31,36-37H,1-5H3,(H2,34,40)(H,35,38)/t25-,27+,28-,31-/m1/s1. The molecule has 0 spiro atoms. The maximum Gasteiger partial charge on any atom is 0.404 e. The summed E-state index contributed by atoms with van der Waals surface area (Å²) in [6, 6.07) is 16.7. The number of para-hydroxylation sites is 1. The molecule has 4 atom stereocenters. The van der Waals surface area contributed by atoms with Crippen molar-refractivity contribution in [3.63, 3.8) is 0 Å². The van der Waals surface area contributed by atoms with Crippen molar-refractivity contribution in [3.05, 3.63) is 87.8 Å². The van der Waals surface area contributed by atoms with Crippen LogP contribution in [0.2, 0.25) is 0 Å². The molecule has 2 amide bonds. The highest BCUT2D eigenvalue weighted by Crippen LogP contribution is 2.38. The number of aryl methyl sites for hydroxylation is 2. The molecule has 1 fully saturated rings. The first-order valence-electron chi connectivity index (χ1n) is 14.3. The largest absolute Gasteiger partial charge is 0.505 e. The van der Waals surface area contributed by atoms with Crippen molar-refractivity contribution in [2.45, 2.75) is 57.9 Å². The maximum atomic E-state index is 13.2. The van der Waals surface area contributed by atoms with Crippen LogP contribution in [0, 0.1) is 13.8 Å². The number of primary amides is 1. The minimum Gasteiger partial charge on any atom is -0.505 e. The van der Waals surface area contributed by atoms with Gasteiger partial charge in [0.2, 0.25) is 6.29 Å². The first-order valence-corrected chi connectivity index (χ1v) is 14.3. The van der Waals surface area contributed by atoms with E-state index in [-0.39, 0.29) is 27.8 Å². The molecule has 0 radical (unpaired) electrons. The van der Waals surface area contributed by atoms with Gasteiger partial charge in [0.15, 0.2) is 23.6 Å². The number of nitrogens with one attached hydrogen (secondary N) is 1. The zero-order valence-electron chi connectivity index (χ0n) is 25.7. The van der Waals surface area contributed by atoms with E-state index in [2.05, 4.69) is 5.32 Å². The first kappa shape index (κ1) is 32.3. The molecule has 4 aromatic rings. The highest BCUT2D eigenvalue weighted by Gasteiger charge is 2.53. The molecule has 5 N–H and O–H groups in total. The molecule has 13 nitrogen and oxygen atoms in total. The molecular formula is C33H34N2O11. The number of hydrogen-bond acceptors (Lipinski definition) is 11. The van der Waals surface area contributed by atoms with Crippen molar-refractivity contribution in [2.24, 2.45) is 5.73 Å². The molecule has 0 saturated carbocycles. The maximum absolute atomic E-state index is 13.2. The number of carbonyl (C=O) groups is 2. The van der Waals surface area contributed by atoms with Crippen LogP contribution in [-0.4, -0.2) is 59.5 Å². The highest BCUT2D eigenvalue weighted by molar-refractivity contribution is 6.06. The average Bonchev–Trinajstić information content (AvgIpc) is 3.00. The van der Waals surface area contributed by atoms with Crippen LogP contribution in [0.4, 0.5) is 10.5 Å². The van der Waals surface area contributed by atoms with Crippen LogP contribution in [0.3, 0.4) is 0 Å². The Kier molecular flexibility index (Phi) is 8.92. The van der Waals surface area contributed by atoms with E-state index in [9.17, 15) is 24.6 Å². The smallest absolute Gasteiger partial charge is 0.404 e. The minimum atomic E-state index is -1.51. The SMILES string of the molecule is CO[C@@H]1[C@@H](OC(N)=O)[C@@H](O)[C@H](Oc2ccc3c(O)c(NC(=O)c4ccc(C)c(Oc5ccccc5)c4)c(=O)oc3c2C)OC1(C)C. The van der Waals surface area contributed by atoms with Crippen LogP contribution >= 0.6 is 0 Å². The summed E-state index contributed by atoms with van der Waals surface area (Å²) < 4.78 is 33.9. The van der Waals surface area contributed by atoms with Crippen molar-refractivity contribution in [1.82, 2.24) is 0 Å². The molecule has 1 aromatic heterocycles. The number of nitrogens with two attached hydrogens (primary N) is 1. The predicted molar refractivity (Wildman–Crippen MR) is 165 cm³/mol. The Morgan fingerprint density at radius 2 is 1.74 bits per heavy atom. The number of carbonyl (C=O) groups excluding carboxylic acids is 2. The van der Waals surface area contributed by atoms with E-state index >= 15 is 0 Å². The molecule has 0 unspecified atom stereocenters. The molecular weight excluding hydrogens is 600 g/mol. The second-order valence-corrected chi connectivity index (χ2v) is 11.3. The Morgan fingerprint density at radius 1 is 1.02 bits per heavy atom. The monoisotopic (exact) mass is 634 g/mol. The van der Waals surface area contributed by atoms with Crippen LogP contribution in [0.1, 0.15) is 35.3 Å². The molecule has 2 heterocycles. The van der Waals surface area contributed by atoms with Crippen LogP contribution in [0.15, 0.2) is 69.9 Å². The lowest BCUT2D eigenvalue weighted by Crippen LogP contribution is -2.65.